The van der Waals surface area contributed by atoms with Gasteiger partial charge in [0.2, 0.25) is 15.9 Å². The fraction of sp³-hybridized carbons (Fsp3) is 0.455. The Kier molecular flexibility index (Phi) is 7.18. The molecule has 1 saturated heterocycles. The Morgan fingerprint density at radius 1 is 1.10 bits per heavy atom. The molecule has 0 bridgehead atoms. The molecule has 1 aromatic carbocycles. The number of hydrogen-bond acceptors (Lipinski definition) is 5. The van der Waals surface area contributed by atoms with Gasteiger partial charge in [-0.1, -0.05) is 39.0 Å². The summed E-state index contributed by atoms with van der Waals surface area (Å²) in [6.45, 7) is 7.15. The summed E-state index contributed by atoms with van der Waals surface area (Å²) < 4.78 is 27.7. The Balaban J connectivity index is 1.45. The van der Waals surface area contributed by atoms with Crippen molar-refractivity contribution in [3.8, 4) is 0 Å². The van der Waals surface area contributed by atoms with Crippen LogP contribution in [0.15, 0.2) is 46.0 Å². The lowest BCUT2D eigenvalue weighted by atomic mass is 9.87. The number of thiophene rings is 1. The first-order chi connectivity index (χ1) is 14.6. The lowest BCUT2D eigenvalue weighted by Gasteiger charge is -2.32. The molecule has 1 fully saturated rings. The standard InChI is InChI=1S/C22H29N3O4S2/c1-22(2,3)17-8-6-16(7-9-17)21(27)23-15-19(26)25-12-10-18(11-13-25)24-31(28,29)20-5-4-14-30-20/h4-9,14,18,24H,10-13,15H2,1-3H3,(H,23,27). The molecule has 1 aliphatic heterocycles. The number of nitrogens with one attached hydrogen (secondary N) is 2. The van der Waals surface area contributed by atoms with Gasteiger partial charge in [0, 0.05) is 24.7 Å². The van der Waals surface area contributed by atoms with Gasteiger partial charge < -0.3 is 10.2 Å². The highest BCUT2D eigenvalue weighted by Gasteiger charge is 2.27. The van der Waals surface area contributed by atoms with Gasteiger partial charge in [-0.2, -0.15) is 0 Å². The van der Waals surface area contributed by atoms with E-state index in [0.29, 0.717) is 35.7 Å². The zero-order valence-corrected chi connectivity index (χ0v) is 19.7. The second kappa shape index (κ2) is 9.50. The van der Waals surface area contributed by atoms with E-state index in [2.05, 4.69) is 30.8 Å². The van der Waals surface area contributed by atoms with E-state index >= 15 is 0 Å². The van der Waals surface area contributed by atoms with E-state index in [4.69, 9.17) is 0 Å². The van der Waals surface area contributed by atoms with Gasteiger partial charge in [0.1, 0.15) is 4.21 Å². The van der Waals surface area contributed by atoms with Crippen molar-refractivity contribution >= 4 is 33.2 Å². The molecule has 3 rings (SSSR count). The van der Waals surface area contributed by atoms with Gasteiger partial charge in [0.25, 0.3) is 5.91 Å². The van der Waals surface area contributed by atoms with E-state index in [9.17, 15) is 18.0 Å². The summed E-state index contributed by atoms with van der Waals surface area (Å²) >= 11 is 1.18. The van der Waals surface area contributed by atoms with Crippen LogP contribution < -0.4 is 10.0 Å². The minimum atomic E-state index is -3.51. The number of nitrogens with zero attached hydrogens (tertiary/aromatic N) is 1. The molecule has 2 aromatic rings. The monoisotopic (exact) mass is 463 g/mol. The molecule has 7 nitrogen and oxygen atoms in total. The van der Waals surface area contributed by atoms with Crippen LogP contribution in [0, 0.1) is 0 Å². The minimum Gasteiger partial charge on any atom is -0.343 e. The van der Waals surface area contributed by atoms with Crippen molar-refractivity contribution in [1.29, 1.82) is 0 Å². The number of hydrogen-bond donors (Lipinski definition) is 2. The Morgan fingerprint density at radius 2 is 1.74 bits per heavy atom. The zero-order valence-electron chi connectivity index (χ0n) is 18.1. The predicted octanol–water partition coefficient (Wildman–Crippen LogP) is 2.74. The van der Waals surface area contributed by atoms with Crippen molar-refractivity contribution in [3.63, 3.8) is 0 Å². The molecular weight excluding hydrogens is 434 g/mol. The maximum atomic E-state index is 12.5. The first-order valence-electron chi connectivity index (χ1n) is 10.3. The van der Waals surface area contributed by atoms with Crippen LogP contribution in [0.3, 0.4) is 0 Å². The molecule has 0 unspecified atom stereocenters. The van der Waals surface area contributed by atoms with E-state index in [1.165, 1.54) is 11.3 Å². The topological polar surface area (TPSA) is 95.6 Å². The second-order valence-corrected chi connectivity index (χ2v) is 11.6. The largest absolute Gasteiger partial charge is 0.343 e. The average molecular weight is 464 g/mol. The van der Waals surface area contributed by atoms with Gasteiger partial charge in [-0.25, -0.2) is 13.1 Å². The maximum absolute atomic E-state index is 12.5. The molecule has 2 heterocycles. The summed E-state index contributed by atoms with van der Waals surface area (Å²) in [5, 5.41) is 4.41. The fourth-order valence-electron chi connectivity index (χ4n) is 3.43. The summed E-state index contributed by atoms with van der Waals surface area (Å²) in [6, 6.07) is 10.5. The lowest BCUT2D eigenvalue weighted by Crippen LogP contribution is -2.48. The molecule has 0 atom stereocenters. The van der Waals surface area contributed by atoms with Crippen molar-refractivity contribution in [2.45, 2.75) is 49.3 Å². The van der Waals surface area contributed by atoms with E-state index in [-0.39, 0.29) is 29.8 Å². The van der Waals surface area contributed by atoms with Crippen LogP contribution in [0.5, 0.6) is 0 Å². The Morgan fingerprint density at radius 3 is 2.29 bits per heavy atom. The van der Waals surface area contributed by atoms with Crippen LogP contribution in [0.2, 0.25) is 0 Å². The average Bonchev–Trinajstić information content (AvgIpc) is 3.27. The molecule has 168 valence electrons. The van der Waals surface area contributed by atoms with Gasteiger partial charge in [0.15, 0.2) is 0 Å². The summed E-state index contributed by atoms with van der Waals surface area (Å²) in [4.78, 5) is 26.5. The number of likely N-dealkylation sites (tertiary alicyclic amines) is 1. The summed E-state index contributed by atoms with van der Waals surface area (Å²) in [7, 11) is -3.51. The molecule has 2 N–H and O–H groups in total. The SMILES string of the molecule is CC(C)(C)c1ccc(C(=O)NCC(=O)N2CCC(NS(=O)(=O)c3cccs3)CC2)cc1. The molecule has 0 saturated carbocycles. The van der Waals surface area contributed by atoms with E-state index < -0.39 is 10.0 Å². The number of rotatable bonds is 6. The highest BCUT2D eigenvalue weighted by molar-refractivity contribution is 7.91. The molecular formula is C22H29N3O4S2. The van der Waals surface area contributed by atoms with E-state index in [0.717, 1.165) is 5.56 Å². The van der Waals surface area contributed by atoms with Crippen molar-refractivity contribution in [2.24, 2.45) is 0 Å². The highest BCUT2D eigenvalue weighted by atomic mass is 32.2. The quantitative estimate of drug-likeness (QED) is 0.689. The summed E-state index contributed by atoms with van der Waals surface area (Å²) in [6.07, 6.45) is 1.08. The van der Waals surface area contributed by atoms with Crippen LogP contribution in [-0.4, -0.2) is 50.8 Å². The number of amides is 2. The normalized spacial score (nSPS) is 15.6. The van der Waals surface area contributed by atoms with Gasteiger partial charge in [-0.3, -0.25) is 9.59 Å². The summed E-state index contributed by atoms with van der Waals surface area (Å²) in [5.41, 5.74) is 1.66. The van der Waals surface area contributed by atoms with Crippen LogP contribution in [-0.2, 0) is 20.2 Å². The van der Waals surface area contributed by atoms with Gasteiger partial charge in [-0.15, -0.1) is 11.3 Å². The predicted molar refractivity (Wildman–Crippen MR) is 122 cm³/mol. The second-order valence-electron chi connectivity index (χ2n) is 8.72. The smallest absolute Gasteiger partial charge is 0.251 e. The Bertz CT molecular complexity index is 1000. The third kappa shape index (κ3) is 6.15. The highest BCUT2D eigenvalue weighted by Crippen LogP contribution is 2.22. The third-order valence-corrected chi connectivity index (χ3v) is 8.26. The molecule has 0 aliphatic carbocycles. The zero-order chi connectivity index (χ0) is 22.6. The maximum Gasteiger partial charge on any atom is 0.251 e. The Hall–Kier alpha value is -2.23. The van der Waals surface area contributed by atoms with E-state index in [1.807, 2.05) is 12.1 Å². The number of piperidine rings is 1. The summed E-state index contributed by atoms with van der Waals surface area (Å²) in [5.74, 6) is -0.452. The van der Waals surface area contributed by atoms with Crippen LogP contribution in [0.25, 0.3) is 0 Å². The van der Waals surface area contributed by atoms with Crippen molar-refractivity contribution in [2.75, 3.05) is 19.6 Å². The molecule has 2 amide bonds. The minimum absolute atomic E-state index is 0.00898. The van der Waals surface area contributed by atoms with Gasteiger partial charge in [0.05, 0.1) is 6.54 Å². The number of carbonyl (C=O) groups excluding carboxylic acids is 2. The first kappa shape index (κ1) is 23.4. The van der Waals surface area contributed by atoms with Gasteiger partial charge in [-0.05, 0) is 47.4 Å². The molecule has 0 spiro atoms. The third-order valence-electron chi connectivity index (χ3n) is 5.34. The Labute approximate surface area is 187 Å². The number of sulfonamides is 1. The lowest BCUT2D eigenvalue weighted by molar-refractivity contribution is -0.131. The van der Waals surface area contributed by atoms with Crippen LogP contribution >= 0.6 is 11.3 Å². The van der Waals surface area contributed by atoms with Crippen LogP contribution in [0.4, 0.5) is 0 Å². The fourth-order valence-corrected chi connectivity index (χ4v) is 5.75. The van der Waals surface area contributed by atoms with Crippen molar-refractivity contribution in [1.82, 2.24) is 14.9 Å². The van der Waals surface area contributed by atoms with E-state index in [1.54, 1.807) is 34.5 Å². The molecule has 1 aromatic heterocycles. The molecule has 0 radical (unpaired) electrons. The van der Waals surface area contributed by atoms with Crippen LogP contribution in [0.1, 0.15) is 49.5 Å². The van der Waals surface area contributed by atoms with Crippen molar-refractivity contribution in [3.05, 3.63) is 52.9 Å². The molecule has 1 aliphatic rings. The first-order valence-corrected chi connectivity index (χ1v) is 12.6. The number of benzene rings is 1. The van der Waals surface area contributed by atoms with Gasteiger partial charge >= 0.3 is 0 Å². The van der Waals surface area contributed by atoms with Crippen molar-refractivity contribution < 1.29 is 18.0 Å². The molecule has 31 heavy (non-hydrogen) atoms. The number of carbonyl (C=O) groups is 2. The molecule has 9 heteroatoms.